The number of allylic oxidation sites excluding steroid dienone is 2. The Morgan fingerprint density at radius 2 is 1.97 bits per heavy atom. The first-order valence-corrected chi connectivity index (χ1v) is 10.1. The lowest BCUT2D eigenvalue weighted by Crippen LogP contribution is -2.29. The molecule has 0 spiro atoms. The summed E-state index contributed by atoms with van der Waals surface area (Å²) >= 11 is 0. The van der Waals surface area contributed by atoms with Crippen LogP contribution < -0.4 is 9.47 Å². The van der Waals surface area contributed by atoms with E-state index in [0.717, 1.165) is 40.2 Å². The first kappa shape index (κ1) is 19.4. The van der Waals surface area contributed by atoms with E-state index < -0.39 is 5.60 Å². The number of hydrogen-bond donors (Lipinski definition) is 2. The Morgan fingerprint density at radius 1 is 1.17 bits per heavy atom. The van der Waals surface area contributed by atoms with Crippen LogP contribution in [0.25, 0.3) is 6.08 Å². The van der Waals surface area contributed by atoms with E-state index in [1.807, 2.05) is 38.1 Å². The smallest absolute Gasteiger partial charge is 0.135 e. The minimum atomic E-state index is -0.424. The second kappa shape index (κ2) is 7.18. The predicted octanol–water partition coefficient (Wildman–Crippen LogP) is 5.51. The van der Waals surface area contributed by atoms with Crippen molar-refractivity contribution in [3.8, 4) is 23.0 Å². The molecule has 2 heterocycles. The van der Waals surface area contributed by atoms with E-state index in [0.29, 0.717) is 13.0 Å². The summed E-state index contributed by atoms with van der Waals surface area (Å²) in [6, 6.07) is 7.45. The molecular weight excluding hydrogens is 364 g/mol. The Morgan fingerprint density at radius 3 is 2.72 bits per heavy atom. The van der Waals surface area contributed by atoms with E-state index in [1.54, 1.807) is 12.1 Å². The van der Waals surface area contributed by atoms with Gasteiger partial charge in [0.2, 0.25) is 0 Å². The van der Waals surface area contributed by atoms with Gasteiger partial charge in [0, 0.05) is 17.5 Å². The zero-order valence-corrected chi connectivity index (χ0v) is 17.5. The summed E-state index contributed by atoms with van der Waals surface area (Å²) in [4.78, 5) is 0. The molecule has 0 saturated heterocycles. The van der Waals surface area contributed by atoms with Gasteiger partial charge < -0.3 is 19.7 Å². The molecule has 2 aromatic carbocycles. The number of fused-ring (bicyclic) bond motifs is 2. The van der Waals surface area contributed by atoms with Crippen LogP contribution in [0.3, 0.4) is 0 Å². The number of ether oxygens (including phenoxy) is 2. The number of phenols is 2. The quantitative estimate of drug-likeness (QED) is 0.676. The molecule has 0 radical (unpaired) electrons. The molecular formula is C25H28O4. The van der Waals surface area contributed by atoms with Gasteiger partial charge in [0.15, 0.2) is 0 Å². The van der Waals surface area contributed by atoms with Gasteiger partial charge in [0.1, 0.15) is 28.6 Å². The topological polar surface area (TPSA) is 58.9 Å². The van der Waals surface area contributed by atoms with E-state index in [2.05, 4.69) is 19.9 Å². The Kier molecular flexibility index (Phi) is 4.81. The Balaban J connectivity index is 1.68. The van der Waals surface area contributed by atoms with Crippen LogP contribution in [-0.2, 0) is 12.8 Å². The van der Waals surface area contributed by atoms with Gasteiger partial charge in [-0.1, -0.05) is 17.7 Å². The summed E-state index contributed by atoms with van der Waals surface area (Å²) in [6.45, 7) is 8.62. The van der Waals surface area contributed by atoms with Crippen LogP contribution in [-0.4, -0.2) is 22.4 Å². The number of benzene rings is 2. The average Bonchev–Trinajstić information content (AvgIpc) is 2.65. The van der Waals surface area contributed by atoms with Crippen molar-refractivity contribution in [2.75, 3.05) is 6.61 Å². The van der Waals surface area contributed by atoms with E-state index in [-0.39, 0.29) is 17.4 Å². The second-order valence-corrected chi connectivity index (χ2v) is 8.74. The molecule has 0 aliphatic carbocycles. The molecule has 0 saturated carbocycles. The summed E-state index contributed by atoms with van der Waals surface area (Å²) in [6.07, 6.45) is 7.50. The van der Waals surface area contributed by atoms with E-state index >= 15 is 0 Å². The van der Waals surface area contributed by atoms with Gasteiger partial charge in [0.25, 0.3) is 0 Å². The van der Waals surface area contributed by atoms with Gasteiger partial charge in [-0.05, 0) is 75.9 Å². The maximum Gasteiger partial charge on any atom is 0.135 e. The molecule has 2 aliphatic rings. The van der Waals surface area contributed by atoms with Crippen molar-refractivity contribution in [3.63, 3.8) is 0 Å². The second-order valence-electron chi connectivity index (χ2n) is 8.74. The van der Waals surface area contributed by atoms with Crippen LogP contribution in [0.4, 0.5) is 0 Å². The molecule has 4 nitrogen and oxygen atoms in total. The van der Waals surface area contributed by atoms with E-state index in [1.165, 1.54) is 5.57 Å². The van der Waals surface area contributed by atoms with Crippen LogP contribution in [0, 0.1) is 0 Å². The summed E-state index contributed by atoms with van der Waals surface area (Å²) in [5.74, 6) is 2.09. The summed E-state index contributed by atoms with van der Waals surface area (Å²) < 4.78 is 12.2. The molecule has 4 heteroatoms. The largest absolute Gasteiger partial charge is 0.508 e. The average molecular weight is 392 g/mol. The number of rotatable bonds is 3. The lowest BCUT2D eigenvalue weighted by Gasteiger charge is -2.33. The summed E-state index contributed by atoms with van der Waals surface area (Å²) in [5.41, 5.74) is 4.56. The van der Waals surface area contributed by atoms with Crippen LogP contribution in [0.1, 0.15) is 55.9 Å². The first-order valence-electron chi connectivity index (χ1n) is 10.1. The molecule has 0 unspecified atom stereocenters. The van der Waals surface area contributed by atoms with E-state index in [9.17, 15) is 10.2 Å². The zero-order chi connectivity index (χ0) is 20.8. The summed E-state index contributed by atoms with van der Waals surface area (Å²) in [7, 11) is 0. The lowest BCUT2D eigenvalue weighted by atomic mass is 9.86. The highest BCUT2D eigenvalue weighted by molar-refractivity contribution is 5.69. The van der Waals surface area contributed by atoms with Gasteiger partial charge in [-0.3, -0.25) is 0 Å². The highest BCUT2D eigenvalue weighted by atomic mass is 16.5. The predicted molar refractivity (Wildman–Crippen MR) is 115 cm³/mol. The lowest BCUT2D eigenvalue weighted by molar-refractivity contribution is 0.153. The standard InChI is InChI=1S/C25H28O4/c1-15(2)5-6-16-11-17-12-18(14-28-23(17)13-22(16)27)19-7-8-21(26)20-9-10-25(3,4)29-24(19)20/h5,7-11,13,18,26-27H,6,12,14H2,1-4H3/t18-/m0/s1. The number of aromatic hydroxyl groups is 2. The van der Waals surface area contributed by atoms with Crippen molar-refractivity contribution in [3.05, 3.63) is 64.2 Å². The molecule has 4 rings (SSSR count). The zero-order valence-electron chi connectivity index (χ0n) is 17.5. The van der Waals surface area contributed by atoms with Gasteiger partial charge >= 0.3 is 0 Å². The molecule has 0 aromatic heterocycles. The molecule has 2 aliphatic heterocycles. The summed E-state index contributed by atoms with van der Waals surface area (Å²) in [5, 5.41) is 20.6. The Hall–Kier alpha value is -2.88. The van der Waals surface area contributed by atoms with Crippen molar-refractivity contribution >= 4 is 6.08 Å². The fourth-order valence-corrected chi connectivity index (χ4v) is 3.93. The minimum absolute atomic E-state index is 0.111. The highest BCUT2D eigenvalue weighted by Gasteiger charge is 2.31. The van der Waals surface area contributed by atoms with Crippen molar-refractivity contribution in [1.29, 1.82) is 0 Å². The fraction of sp³-hybridized carbons (Fsp3) is 0.360. The molecule has 0 bridgehead atoms. The third-order valence-corrected chi connectivity index (χ3v) is 5.56. The van der Waals surface area contributed by atoms with Crippen LogP contribution in [0.2, 0.25) is 0 Å². The maximum atomic E-state index is 10.3. The molecule has 152 valence electrons. The van der Waals surface area contributed by atoms with Gasteiger partial charge in [-0.2, -0.15) is 0 Å². The molecule has 0 fully saturated rings. The molecule has 2 aromatic rings. The third kappa shape index (κ3) is 3.84. The minimum Gasteiger partial charge on any atom is -0.508 e. The van der Waals surface area contributed by atoms with Gasteiger partial charge in [0.05, 0.1) is 12.2 Å². The van der Waals surface area contributed by atoms with Crippen molar-refractivity contribution < 1.29 is 19.7 Å². The highest BCUT2D eigenvalue weighted by Crippen LogP contribution is 2.45. The number of phenolic OH excluding ortho intramolecular Hbond substituents is 2. The maximum absolute atomic E-state index is 10.3. The SMILES string of the molecule is CC(C)=CCc1cc2c(cc1O)OC[C@@H](c1ccc(O)c3c1OC(C)(C)C=C3)C2. The van der Waals surface area contributed by atoms with Crippen LogP contribution in [0.5, 0.6) is 23.0 Å². The fourth-order valence-electron chi connectivity index (χ4n) is 3.93. The molecule has 1 atom stereocenters. The van der Waals surface area contributed by atoms with Crippen molar-refractivity contribution in [1.82, 2.24) is 0 Å². The van der Waals surface area contributed by atoms with Crippen LogP contribution in [0.15, 0.2) is 42.0 Å². The monoisotopic (exact) mass is 392 g/mol. The molecule has 2 N–H and O–H groups in total. The molecule has 0 amide bonds. The number of hydrogen-bond acceptors (Lipinski definition) is 4. The third-order valence-electron chi connectivity index (χ3n) is 5.56. The van der Waals surface area contributed by atoms with Crippen molar-refractivity contribution in [2.24, 2.45) is 0 Å². The Bertz CT molecular complexity index is 1010. The normalized spacial score (nSPS) is 18.8. The van der Waals surface area contributed by atoms with Crippen molar-refractivity contribution in [2.45, 2.75) is 52.1 Å². The van der Waals surface area contributed by atoms with E-state index in [4.69, 9.17) is 9.47 Å². The Labute approximate surface area is 172 Å². The first-order chi connectivity index (χ1) is 13.7. The van der Waals surface area contributed by atoms with Gasteiger partial charge in [-0.15, -0.1) is 0 Å². The van der Waals surface area contributed by atoms with Gasteiger partial charge in [-0.25, -0.2) is 0 Å². The molecule has 29 heavy (non-hydrogen) atoms. The van der Waals surface area contributed by atoms with Crippen LogP contribution >= 0.6 is 0 Å².